The lowest BCUT2D eigenvalue weighted by atomic mass is 9.97. The minimum atomic E-state index is -0.144. The predicted molar refractivity (Wildman–Crippen MR) is 81.6 cm³/mol. The lowest BCUT2D eigenvalue weighted by Gasteiger charge is -2.37. The van der Waals surface area contributed by atoms with Gasteiger partial charge in [0.15, 0.2) is 0 Å². The zero-order valence-electron chi connectivity index (χ0n) is 13.3. The summed E-state index contributed by atoms with van der Waals surface area (Å²) in [4.78, 5) is 5.08. The molecule has 1 atom stereocenters. The van der Waals surface area contributed by atoms with Gasteiger partial charge in [0.05, 0.1) is 6.61 Å². The molecule has 1 fully saturated rings. The van der Waals surface area contributed by atoms with Crippen molar-refractivity contribution in [1.82, 2.24) is 15.1 Å². The van der Waals surface area contributed by atoms with Crippen LogP contribution in [0, 0.1) is 0 Å². The van der Waals surface area contributed by atoms with Crippen LogP contribution in [0.2, 0.25) is 0 Å². The summed E-state index contributed by atoms with van der Waals surface area (Å²) >= 11 is 0. The van der Waals surface area contributed by atoms with Gasteiger partial charge in [-0.25, -0.2) is 0 Å². The first-order chi connectivity index (χ1) is 8.99. The summed E-state index contributed by atoms with van der Waals surface area (Å²) in [7, 11) is 0. The molecule has 0 aromatic carbocycles. The fourth-order valence-electron chi connectivity index (χ4n) is 2.85. The van der Waals surface area contributed by atoms with Gasteiger partial charge in [0.1, 0.15) is 0 Å². The van der Waals surface area contributed by atoms with Crippen molar-refractivity contribution in [3.05, 3.63) is 0 Å². The summed E-state index contributed by atoms with van der Waals surface area (Å²) in [6.45, 7) is 15.9. The second kappa shape index (κ2) is 8.20. The zero-order valence-corrected chi connectivity index (χ0v) is 13.3. The Balaban J connectivity index is 2.28. The van der Waals surface area contributed by atoms with E-state index in [-0.39, 0.29) is 12.1 Å². The van der Waals surface area contributed by atoms with Gasteiger partial charge in [-0.2, -0.15) is 0 Å². The maximum Gasteiger partial charge on any atom is 0.0611 e. The molecular formula is C15H33N3O. The Labute approximate surface area is 119 Å². The highest BCUT2D eigenvalue weighted by atomic mass is 16.3. The number of hydrogen-bond acceptors (Lipinski definition) is 4. The molecule has 0 aromatic heterocycles. The zero-order chi connectivity index (χ0) is 14.3. The van der Waals surface area contributed by atoms with E-state index in [9.17, 15) is 5.11 Å². The molecule has 0 aromatic rings. The van der Waals surface area contributed by atoms with Crippen molar-refractivity contribution in [2.45, 2.75) is 52.1 Å². The lowest BCUT2D eigenvalue weighted by molar-refractivity contribution is 0.103. The SMILES string of the molecule is CCCN1CCN(CCC(C)(CO)NC(C)C)CC1. The number of nitrogens with one attached hydrogen (secondary N) is 1. The van der Waals surface area contributed by atoms with Gasteiger partial charge >= 0.3 is 0 Å². The maximum absolute atomic E-state index is 9.59. The van der Waals surface area contributed by atoms with E-state index < -0.39 is 0 Å². The fraction of sp³-hybridized carbons (Fsp3) is 1.00. The van der Waals surface area contributed by atoms with Gasteiger partial charge in [0, 0.05) is 44.3 Å². The van der Waals surface area contributed by atoms with Gasteiger partial charge in [-0.3, -0.25) is 0 Å². The molecule has 1 aliphatic heterocycles. The monoisotopic (exact) mass is 271 g/mol. The van der Waals surface area contributed by atoms with Crippen molar-refractivity contribution in [2.24, 2.45) is 0 Å². The van der Waals surface area contributed by atoms with Crippen LogP contribution in [-0.4, -0.2) is 72.4 Å². The van der Waals surface area contributed by atoms with Crippen molar-refractivity contribution in [3.8, 4) is 0 Å². The third-order valence-corrected chi connectivity index (χ3v) is 3.97. The Kier molecular flexibility index (Phi) is 7.29. The number of aliphatic hydroxyl groups is 1. The van der Waals surface area contributed by atoms with Crippen LogP contribution in [0.5, 0.6) is 0 Å². The van der Waals surface area contributed by atoms with Gasteiger partial charge in [0.2, 0.25) is 0 Å². The molecule has 0 aliphatic carbocycles. The van der Waals surface area contributed by atoms with Crippen LogP contribution in [-0.2, 0) is 0 Å². The Morgan fingerprint density at radius 3 is 2.05 bits per heavy atom. The van der Waals surface area contributed by atoms with Crippen LogP contribution in [0.25, 0.3) is 0 Å². The van der Waals surface area contributed by atoms with E-state index >= 15 is 0 Å². The highest BCUT2D eigenvalue weighted by molar-refractivity contribution is 4.85. The van der Waals surface area contributed by atoms with Gasteiger partial charge in [-0.15, -0.1) is 0 Å². The van der Waals surface area contributed by atoms with E-state index in [2.05, 4.69) is 42.8 Å². The van der Waals surface area contributed by atoms with Crippen LogP contribution in [0.4, 0.5) is 0 Å². The Hall–Kier alpha value is -0.160. The molecule has 2 N–H and O–H groups in total. The van der Waals surface area contributed by atoms with Crippen molar-refractivity contribution in [3.63, 3.8) is 0 Å². The first-order valence-electron chi connectivity index (χ1n) is 7.82. The average molecular weight is 271 g/mol. The second-order valence-electron chi connectivity index (χ2n) is 6.45. The Bertz CT molecular complexity index is 240. The molecule has 114 valence electrons. The molecule has 4 nitrogen and oxygen atoms in total. The molecule has 0 saturated carbocycles. The molecule has 19 heavy (non-hydrogen) atoms. The van der Waals surface area contributed by atoms with Crippen LogP contribution < -0.4 is 5.32 Å². The molecule has 0 radical (unpaired) electrons. The molecular weight excluding hydrogens is 238 g/mol. The summed E-state index contributed by atoms with van der Waals surface area (Å²) in [5, 5.41) is 13.1. The fourth-order valence-corrected chi connectivity index (χ4v) is 2.85. The standard InChI is InChI=1S/C15H33N3O/c1-5-7-17-9-11-18(12-10-17)8-6-15(4,13-19)16-14(2)3/h14,16,19H,5-13H2,1-4H3. The first-order valence-corrected chi connectivity index (χ1v) is 7.82. The highest BCUT2D eigenvalue weighted by Crippen LogP contribution is 2.12. The smallest absolute Gasteiger partial charge is 0.0611 e. The van der Waals surface area contributed by atoms with Crippen LogP contribution >= 0.6 is 0 Å². The van der Waals surface area contributed by atoms with Gasteiger partial charge in [-0.05, 0) is 26.3 Å². The molecule has 0 spiro atoms. The van der Waals surface area contributed by atoms with E-state index in [4.69, 9.17) is 0 Å². The number of rotatable bonds is 8. The van der Waals surface area contributed by atoms with E-state index in [0.29, 0.717) is 6.04 Å². The van der Waals surface area contributed by atoms with Crippen molar-refractivity contribution >= 4 is 0 Å². The third kappa shape index (κ3) is 6.21. The molecule has 1 saturated heterocycles. The average Bonchev–Trinajstić information content (AvgIpc) is 2.38. The summed E-state index contributed by atoms with van der Waals surface area (Å²) in [6.07, 6.45) is 2.26. The Morgan fingerprint density at radius 2 is 1.63 bits per heavy atom. The third-order valence-electron chi connectivity index (χ3n) is 3.97. The molecule has 4 heteroatoms. The molecule has 1 rings (SSSR count). The van der Waals surface area contributed by atoms with Crippen molar-refractivity contribution in [2.75, 3.05) is 45.9 Å². The van der Waals surface area contributed by atoms with Gasteiger partial charge < -0.3 is 20.2 Å². The molecule has 1 unspecified atom stereocenters. The summed E-state index contributed by atoms with van der Waals surface area (Å²) in [6, 6.07) is 0.415. The number of hydrogen-bond donors (Lipinski definition) is 2. The second-order valence-corrected chi connectivity index (χ2v) is 6.45. The number of piperazine rings is 1. The van der Waals surface area contributed by atoms with E-state index in [0.717, 1.165) is 13.0 Å². The largest absolute Gasteiger partial charge is 0.394 e. The number of nitrogens with zero attached hydrogens (tertiary/aromatic N) is 2. The summed E-state index contributed by atoms with van der Waals surface area (Å²) in [5.41, 5.74) is -0.144. The topological polar surface area (TPSA) is 38.7 Å². The normalized spacial score (nSPS) is 21.8. The quantitative estimate of drug-likeness (QED) is 0.695. The molecule has 0 amide bonds. The summed E-state index contributed by atoms with van der Waals surface area (Å²) in [5.74, 6) is 0. The maximum atomic E-state index is 9.59. The van der Waals surface area contributed by atoms with E-state index in [1.54, 1.807) is 0 Å². The Morgan fingerprint density at radius 1 is 1.11 bits per heavy atom. The molecule has 1 heterocycles. The van der Waals surface area contributed by atoms with Gasteiger partial charge in [0.25, 0.3) is 0 Å². The van der Waals surface area contributed by atoms with Crippen molar-refractivity contribution in [1.29, 1.82) is 0 Å². The first kappa shape index (κ1) is 16.9. The number of aliphatic hydroxyl groups excluding tert-OH is 1. The van der Waals surface area contributed by atoms with E-state index in [1.807, 2.05) is 0 Å². The van der Waals surface area contributed by atoms with E-state index in [1.165, 1.54) is 39.1 Å². The predicted octanol–water partition coefficient (Wildman–Crippen LogP) is 1.15. The highest BCUT2D eigenvalue weighted by Gasteiger charge is 2.25. The lowest BCUT2D eigenvalue weighted by Crippen LogP contribution is -2.53. The molecule has 1 aliphatic rings. The minimum Gasteiger partial charge on any atom is -0.394 e. The molecule has 0 bridgehead atoms. The van der Waals surface area contributed by atoms with Gasteiger partial charge in [-0.1, -0.05) is 20.8 Å². The minimum absolute atomic E-state index is 0.144. The van der Waals surface area contributed by atoms with Crippen molar-refractivity contribution < 1.29 is 5.11 Å². The van der Waals surface area contributed by atoms with Crippen LogP contribution in [0.1, 0.15) is 40.5 Å². The van der Waals surface area contributed by atoms with Crippen LogP contribution in [0.15, 0.2) is 0 Å². The van der Waals surface area contributed by atoms with Crippen LogP contribution in [0.3, 0.4) is 0 Å². The summed E-state index contributed by atoms with van der Waals surface area (Å²) < 4.78 is 0.